The Morgan fingerprint density at radius 3 is 3.00 bits per heavy atom. The summed E-state index contributed by atoms with van der Waals surface area (Å²) in [5.41, 5.74) is 0. The van der Waals surface area contributed by atoms with Gasteiger partial charge >= 0.3 is 5.97 Å². The molecule has 0 aromatic rings. The molecule has 1 rings (SSSR count). The molecule has 0 radical (unpaired) electrons. The summed E-state index contributed by atoms with van der Waals surface area (Å²) in [6.07, 6.45) is 2.88. The summed E-state index contributed by atoms with van der Waals surface area (Å²) < 4.78 is 0. The van der Waals surface area contributed by atoms with Crippen LogP contribution in [0.25, 0.3) is 0 Å². The predicted molar refractivity (Wildman–Crippen MR) is 56.2 cm³/mol. The van der Waals surface area contributed by atoms with Crippen LogP contribution in [-0.2, 0) is 4.79 Å². The van der Waals surface area contributed by atoms with Gasteiger partial charge in [-0.1, -0.05) is 6.92 Å². The molecular weight excluding hydrogens is 192 g/mol. The van der Waals surface area contributed by atoms with Gasteiger partial charge in [-0.25, -0.2) is 0 Å². The third-order valence-corrected chi connectivity index (χ3v) is 3.06. The van der Waals surface area contributed by atoms with Crippen LogP contribution in [0.5, 0.6) is 0 Å². The second kappa shape index (κ2) is 5.72. The highest BCUT2D eigenvalue weighted by atomic mass is 16.4. The number of carbonyl (C=O) groups is 1. The lowest BCUT2D eigenvalue weighted by atomic mass is 10.0. The van der Waals surface area contributed by atoms with Gasteiger partial charge in [0.1, 0.15) is 0 Å². The van der Waals surface area contributed by atoms with Crippen LogP contribution in [0.3, 0.4) is 0 Å². The minimum Gasteiger partial charge on any atom is -0.481 e. The molecule has 1 saturated heterocycles. The molecule has 4 heteroatoms. The van der Waals surface area contributed by atoms with Crippen molar-refractivity contribution in [1.82, 2.24) is 4.90 Å². The van der Waals surface area contributed by atoms with Crippen LogP contribution in [0.1, 0.15) is 32.6 Å². The van der Waals surface area contributed by atoms with Crippen molar-refractivity contribution in [2.75, 3.05) is 13.1 Å². The monoisotopic (exact) mass is 210 g/mol. The van der Waals surface area contributed by atoms with E-state index in [2.05, 4.69) is 11.0 Å². The molecule has 0 saturated carbocycles. The predicted octanol–water partition coefficient (Wildman–Crippen LogP) is 1.48. The van der Waals surface area contributed by atoms with Crippen LogP contribution in [0, 0.1) is 17.2 Å². The molecule has 0 bridgehead atoms. The molecule has 15 heavy (non-hydrogen) atoms. The van der Waals surface area contributed by atoms with E-state index in [1.165, 1.54) is 0 Å². The molecule has 2 atom stereocenters. The van der Waals surface area contributed by atoms with Crippen molar-refractivity contribution in [2.45, 2.75) is 38.6 Å². The van der Waals surface area contributed by atoms with Gasteiger partial charge in [-0.15, -0.1) is 0 Å². The van der Waals surface area contributed by atoms with Crippen molar-refractivity contribution in [3.63, 3.8) is 0 Å². The van der Waals surface area contributed by atoms with Gasteiger partial charge in [-0.3, -0.25) is 9.69 Å². The third-order valence-electron chi connectivity index (χ3n) is 3.06. The van der Waals surface area contributed by atoms with Gasteiger partial charge in [0.05, 0.1) is 12.1 Å². The van der Waals surface area contributed by atoms with Gasteiger partial charge in [0.25, 0.3) is 0 Å². The molecule has 1 aliphatic rings. The Bertz CT molecular complexity index is 260. The van der Waals surface area contributed by atoms with E-state index in [9.17, 15) is 4.79 Å². The largest absolute Gasteiger partial charge is 0.481 e. The summed E-state index contributed by atoms with van der Waals surface area (Å²) >= 11 is 0. The fourth-order valence-corrected chi connectivity index (χ4v) is 2.14. The minimum absolute atomic E-state index is 0.0137. The molecule has 0 aromatic heterocycles. The number of nitrogens with zero attached hydrogens (tertiary/aromatic N) is 2. The SMILES string of the molecule is CCC(C#N)N1CCC(CCC(=O)O)C1. The summed E-state index contributed by atoms with van der Waals surface area (Å²) in [5, 5.41) is 17.5. The molecule has 4 nitrogen and oxygen atoms in total. The molecule has 0 spiro atoms. The zero-order valence-corrected chi connectivity index (χ0v) is 9.15. The van der Waals surface area contributed by atoms with E-state index < -0.39 is 5.97 Å². The van der Waals surface area contributed by atoms with E-state index in [1.54, 1.807) is 0 Å². The average Bonchev–Trinajstić information content (AvgIpc) is 2.65. The van der Waals surface area contributed by atoms with Gasteiger partial charge in [0.2, 0.25) is 0 Å². The molecule has 1 aliphatic heterocycles. The smallest absolute Gasteiger partial charge is 0.303 e. The Morgan fingerprint density at radius 2 is 2.47 bits per heavy atom. The van der Waals surface area contributed by atoms with E-state index in [0.29, 0.717) is 5.92 Å². The van der Waals surface area contributed by atoms with Crippen LogP contribution >= 0.6 is 0 Å². The normalized spacial score (nSPS) is 23.6. The zero-order valence-electron chi connectivity index (χ0n) is 9.15. The second-order valence-corrected chi connectivity index (χ2v) is 4.14. The van der Waals surface area contributed by atoms with Crippen LogP contribution in [0.2, 0.25) is 0 Å². The van der Waals surface area contributed by atoms with Crippen LogP contribution in [0.15, 0.2) is 0 Å². The van der Waals surface area contributed by atoms with Crippen LogP contribution in [-0.4, -0.2) is 35.1 Å². The summed E-state index contributed by atoms with van der Waals surface area (Å²) in [6.45, 7) is 3.84. The molecule has 1 N–H and O–H groups in total. The van der Waals surface area contributed by atoms with Crippen molar-refractivity contribution in [3.8, 4) is 6.07 Å². The lowest BCUT2D eigenvalue weighted by molar-refractivity contribution is -0.137. The molecule has 0 amide bonds. The van der Waals surface area contributed by atoms with Gasteiger partial charge in [0, 0.05) is 13.0 Å². The summed E-state index contributed by atoms with van der Waals surface area (Å²) in [6, 6.07) is 2.30. The first-order chi connectivity index (χ1) is 7.17. The van der Waals surface area contributed by atoms with E-state index in [0.717, 1.165) is 32.4 Å². The Kier molecular flexibility index (Phi) is 4.57. The van der Waals surface area contributed by atoms with Crippen molar-refractivity contribution < 1.29 is 9.90 Å². The highest BCUT2D eigenvalue weighted by Gasteiger charge is 2.27. The first-order valence-corrected chi connectivity index (χ1v) is 5.52. The van der Waals surface area contributed by atoms with Gasteiger partial charge in [0.15, 0.2) is 0 Å². The van der Waals surface area contributed by atoms with Gasteiger partial charge in [-0.05, 0) is 31.7 Å². The maximum Gasteiger partial charge on any atom is 0.303 e. The third kappa shape index (κ3) is 3.52. The Morgan fingerprint density at radius 1 is 1.73 bits per heavy atom. The van der Waals surface area contributed by atoms with Crippen molar-refractivity contribution in [2.24, 2.45) is 5.92 Å². The zero-order chi connectivity index (χ0) is 11.3. The quantitative estimate of drug-likeness (QED) is 0.746. The minimum atomic E-state index is -0.722. The highest BCUT2D eigenvalue weighted by molar-refractivity contribution is 5.66. The standard InChI is InChI=1S/C11H18N2O2/c1-2-10(7-12)13-6-5-9(8-13)3-4-11(14)15/h9-10H,2-6,8H2,1H3,(H,14,15). The molecule has 0 aromatic carbocycles. The molecule has 2 unspecified atom stereocenters. The van der Waals surface area contributed by atoms with Gasteiger partial charge in [-0.2, -0.15) is 5.26 Å². The summed E-state index contributed by atoms with van der Waals surface area (Å²) in [7, 11) is 0. The molecule has 0 aliphatic carbocycles. The van der Waals surface area contributed by atoms with Crippen LogP contribution < -0.4 is 0 Å². The van der Waals surface area contributed by atoms with E-state index in [1.807, 2.05) is 6.92 Å². The molecule has 84 valence electrons. The number of aliphatic carboxylic acids is 1. The lowest BCUT2D eigenvalue weighted by Crippen LogP contribution is -2.31. The van der Waals surface area contributed by atoms with E-state index >= 15 is 0 Å². The molecule has 1 fully saturated rings. The Hall–Kier alpha value is -1.08. The van der Waals surface area contributed by atoms with Crippen LogP contribution in [0.4, 0.5) is 0 Å². The maximum absolute atomic E-state index is 10.4. The summed E-state index contributed by atoms with van der Waals surface area (Å²) in [5.74, 6) is -0.260. The van der Waals surface area contributed by atoms with E-state index in [-0.39, 0.29) is 12.5 Å². The number of hydrogen-bond acceptors (Lipinski definition) is 3. The molecule has 1 heterocycles. The summed E-state index contributed by atoms with van der Waals surface area (Å²) in [4.78, 5) is 12.6. The van der Waals surface area contributed by atoms with Crippen molar-refractivity contribution >= 4 is 5.97 Å². The number of carboxylic acid groups (broad SMARTS) is 1. The average molecular weight is 210 g/mol. The van der Waals surface area contributed by atoms with Crippen molar-refractivity contribution in [3.05, 3.63) is 0 Å². The Labute approximate surface area is 90.5 Å². The first kappa shape index (κ1) is 12.0. The Balaban J connectivity index is 2.32. The number of carboxylic acids is 1. The fraction of sp³-hybridized carbons (Fsp3) is 0.818. The van der Waals surface area contributed by atoms with Crippen molar-refractivity contribution in [1.29, 1.82) is 5.26 Å². The number of nitriles is 1. The topological polar surface area (TPSA) is 64.3 Å². The number of rotatable bonds is 5. The second-order valence-electron chi connectivity index (χ2n) is 4.14. The highest BCUT2D eigenvalue weighted by Crippen LogP contribution is 2.23. The molecular formula is C11H18N2O2. The number of hydrogen-bond donors (Lipinski definition) is 1. The maximum atomic E-state index is 10.4. The number of likely N-dealkylation sites (tertiary alicyclic amines) is 1. The lowest BCUT2D eigenvalue weighted by Gasteiger charge is -2.20. The fourth-order valence-electron chi connectivity index (χ4n) is 2.14. The van der Waals surface area contributed by atoms with E-state index in [4.69, 9.17) is 10.4 Å². The first-order valence-electron chi connectivity index (χ1n) is 5.52. The van der Waals surface area contributed by atoms with Gasteiger partial charge < -0.3 is 5.11 Å².